The molecule has 4 atom stereocenters. The number of carbonyl (C=O) groups is 2. The Morgan fingerprint density at radius 2 is 1.86 bits per heavy atom. The van der Waals surface area contributed by atoms with Gasteiger partial charge in [-0.1, -0.05) is 0 Å². The number of benzene rings is 2. The molecule has 0 bridgehead atoms. The van der Waals surface area contributed by atoms with Gasteiger partial charge in [0.25, 0.3) is 0 Å². The van der Waals surface area contributed by atoms with Crippen molar-refractivity contribution in [1.29, 1.82) is 5.26 Å². The van der Waals surface area contributed by atoms with Gasteiger partial charge in [0, 0.05) is 43.0 Å². The van der Waals surface area contributed by atoms with Crippen molar-refractivity contribution in [3.05, 3.63) is 53.3 Å². The zero-order valence-electron chi connectivity index (χ0n) is 18.6. The van der Waals surface area contributed by atoms with E-state index in [-0.39, 0.29) is 65.6 Å². The van der Waals surface area contributed by atoms with Crippen LogP contribution in [-0.4, -0.2) is 44.3 Å². The van der Waals surface area contributed by atoms with Crippen LogP contribution in [0.3, 0.4) is 0 Å². The summed E-state index contributed by atoms with van der Waals surface area (Å²) in [6.45, 7) is 2.64. The fraction of sp³-hybridized carbons (Fsp3) is 0.375. The number of piperidine rings is 1. The summed E-state index contributed by atoms with van der Waals surface area (Å²) in [6, 6.07) is 8.10. The Morgan fingerprint density at radius 3 is 2.43 bits per heavy atom. The summed E-state index contributed by atoms with van der Waals surface area (Å²) in [5.41, 5.74) is -1.27. The molecule has 1 saturated carbocycles. The molecule has 7 nitrogen and oxygen atoms in total. The highest BCUT2D eigenvalue weighted by molar-refractivity contribution is 5.90. The Morgan fingerprint density at radius 1 is 1.20 bits per heavy atom. The summed E-state index contributed by atoms with van der Waals surface area (Å²) in [6.07, 6.45) is -1.27. The van der Waals surface area contributed by atoms with Gasteiger partial charge < -0.3 is 15.4 Å². The lowest BCUT2D eigenvalue weighted by Crippen LogP contribution is -2.33. The van der Waals surface area contributed by atoms with Gasteiger partial charge in [0.15, 0.2) is 0 Å². The summed E-state index contributed by atoms with van der Waals surface area (Å²) >= 11 is 0. The van der Waals surface area contributed by atoms with Gasteiger partial charge in [-0.05, 0) is 35.9 Å². The second-order valence-corrected chi connectivity index (χ2v) is 8.88. The van der Waals surface area contributed by atoms with Crippen molar-refractivity contribution in [2.45, 2.75) is 18.4 Å². The molecule has 2 N–H and O–H groups in total. The minimum atomic E-state index is -1.19. The molecule has 2 heterocycles. The van der Waals surface area contributed by atoms with Gasteiger partial charge >= 0.3 is 6.09 Å². The first kappa shape index (κ1) is 24.8. The van der Waals surface area contributed by atoms with Crippen molar-refractivity contribution in [1.82, 2.24) is 10.6 Å². The topological polar surface area (TPSA) is 94.5 Å². The van der Waals surface area contributed by atoms with E-state index in [1.54, 1.807) is 0 Å². The average Bonchev–Trinajstić information content (AvgIpc) is 3.12. The van der Waals surface area contributed by atoms with Crippen LogP contribution in [0.2, 0.25) is 0 Å². The fourth-order valence-electron chi connectivity index (χ4n) is 5.26. The van der Waals surface area contributed by atoms with Gasteiger partial charge in [-0.3, -0.25) is 9.69 Å². The molecule has 3 aliphatic rings. The van der Waals surface area contributed by atoms with E-state index < -0.39 is 35.1 Å². The zero-order valence-corrected chi connectivity index (χ0v) is 19.4. The summed E-state index contributed by atoms with van der Waals surface area (Å²) in [4.78, 5) is 24.5. The Hall–Kier alpha value is -3.29. The summed E-state index contributed by atoms with van der Waals surface area (Å²) in [5.74, 6) is -3.07. The molecule has 0 radical (unpaired) electrons. The number of hydrogen-bond donors (Lipinski definition) is 2. The van der Waals surface area contributed by atoms with Crippen LogP contribution in [0.5, 0.6) is 0 Å². The third-order valence-electron chi connectivity index (χ3n) is 6.94. The van der Waals surface area contributed by atoms with Gasteiger partial charge in [-0.25, -0.2) is 18.0 Å². The number of carbonyl (C=O) groups excluding carboxylic acids is 2. The molecular formula is C24H22ClF3N4O3. The second-order valence-electron chi connectivity index (χ2n) is 8.88. The predicted molar refractivity (Wildman–Crippen MR) is 122 cm³/mol. The Balaban J connectivity index is 0.00000289. The second kappa shape index (κ2) is 9.06. The van der Waals surface area contributed by atoms with Gasteiger partial charge in [0.05, 0.1) is 30.3 Å². The van der Waals surface area contributed by atoms with Gasteiger partial charge in [0.2, 0.25) is 5.91 Å². The number of cyclic esters (lactones) is 1. The molecule has 2 aromatic rings. The molecule has 3 fully saturated rings. The van der Waals surface area contributed by atoms with Crippen molar-refractivity contribution in [3.8, 4) is 17.2 Å². The number of nitrogens with zero attached hydrogens (tertiary/aromatic N) is 2. The lowest BCUT2D eigenvalue weighted by Gasteiger charge is -2.17. The van der Waals surface area contributed by atoms with Crippen LogP contribution >= 0.6 is 12.4 Å². The van der Waals surface area contributed by atoms with E-state index in [0.29, 0.717) is 13.1 Å². The van der Waals surface area contributed by atoms with E-state index in [1.165, 1.54) is 24.0 Å². The number of halogens is 4. The van der Waals surface area contributed by atoms with Crippen LogP contribution in [0, 0.1) is 40.6 Å². The molecule has 5 rings (SSSR count). The van der Waals surface area contributed by atoms with E-state index in [0.717, 1.165) is 18.2 Å². The van der Waals surface area contributed by atoms with Crippen molar-refractivity contribution in [2.75, 3.05) is 31.1 Å². The lowest BCUT2D eigenvalue weighted by atomic mass is 9.89. The number of ether oxygens (including phenoxy) is 1. The van der Waals surface area contributed by atoms with E-state index in [9.17, 15) is 19.2 Å². The average molecular weight is 507 g/mol. The largest absolute Gasteiger partial charge is 0.442 e. The van der Waals surface area contributed by atoms with Crippen LogP contribution in [0.25, 0.3) is 11.1 Å². The molecule has 1 aliphatic carbocycles. The van der Waals surface area contributed by atoms with Crippen molar-refractivity contribution >= 4 is 30.1 Å². The molecule has 35 heavy (non-hydrogen) atoms. The number of anilines is 1. The smallest absolute Gasteiger partial charge is 0.414 e. The van der Waals surface area contributed by atoms with Crippen LogP contribution in [0.4, 0.5) is 23.7 Å². The number of fused-ring (bicyclic) bond motifs is 1. The first-order valence-electron chi connectivity index (χ1n) is 10.9. The van der Waals surface area contributed by atoms with Gasteiger partial charge in [-0.15, -0.1) is 12.4 Å². The fourth-order valence-corrected chi connectivity index (χ4v) is 5.26. The quantitative estimate of drug-likeness (QED) is 0.649. The normalized spacial score (nSPS) is 26.4. The minimum Gasteiger partial charge on any atom is -0.442 e. The molecule has 0 aromatic heterocycles. The number of amides is 2. The highest BCUT2D eigenvalue weighted by Gasteiger charge is 2.69. The summed E-state index contributed by atoms with van der Waals surface area (Å²) in [7, 11) is 0. The summed E-state index contributed by atoms with van der Waals surface area (Å²) < 4.78 is 50.3. The van der Waals surface area contributed by atoms with E-state index in [2.05, 4.69) is 16.7 Å². The first-order valence-corrected chi connectivity index (χ1v) is 10.9. The molecule has 184 valence electrons. The maximum Gasteiger partial charge on any atom is 0.414 e. The molecule has 2 saturated heterocycles. The molecule has 2 aromatic carbocycles. The van der Waals surface area contributed by atoms with E-state index >= 15 is 8.78 Å². The molecule has 1 unspecified atom stereocenters. The van der Waals surface area contributed by atoms with Crippen molar-refractivity contribution in [3.63, 3.8) is 0 Å². The Labute approximate surface area is 205 Å². The maximum atomic E-state index is 15.1. The monoisotopic (exact) mass is 506 g/mol. The minimum absolute atomic E-state index is 0. The van der Waals surface area contributed by atoms with Crippen molar-refractivity contribution < 1.29 is 27.5 Å². The van der Waals surface area contributed by atoms with Gasteiger partial charge in [-0.2, -0.15) is 5.26 Å². The van der Waals surface area contributed by atoms with E-state index in [4.69, 9.17) is 4.74 Å². The molecule has 2 amide bonds. The SMILES string of the molecule is CC(=O)NC[C@H]1CN(c2ccc(-c3cc(F)c(C4(C#N)[C@@H]5CNC[C@@H]54)c(F)c3)c(F)c2)C(=O)O1.Cl. The molecule has 2 aliphatic heterocycles. The van der Waals surface area contributed by atoms with Crippen LogP contribution < -0.4 is 15.5 Å². The molecular weight excluding hydrogens is 485 g/mol. The molecule has 11 heteroatoms. The van der Waals surface area contributed by atoms with Crippen molar-refractivity contribution in [2.24, 2.45) is 11.8 Å². The number of rotatable bonds is 5. The van der Waals surface area contributed by atoms with Gasteiger partial charge in [0.1, 0.15) is 23.6 Å². The predicted octanol–water partition coefficient (Wildman–Crippen LogP) is 3.26. The first-order chi connectivity index (χ1) is 16.3. The van der Waals surface area contributed by atoms with E-state index in [1.807, 2.05) is 0 Å². The highest BCUT2D eigenvalue weighted by Crippen LogP contribution is 2.62. The highest BCUT2D eigenvalue weighted by atomic mass is 35.5. The van der Waals surface area contributed by atoms with Crippen LogP contribution in [0.1, 0.15) is 12.5 Å². The Kier molecular flexibility index (Phi) is 6.42. The standard InChI is InChI=1S/C24H21F3N4O3.ClH/c1-12(32)30-7-15-10-31(23(33)34-15)14-2-3-16(19(25)6-14)13-4-20(26)22(21(27)5-13)24(11-28)17-8-29-9-18(17)24;/h2-6,15,17-18,29H,7-10H2,1H3,(H,30,32);1H/t15-,17-,18+,24?;/m0./s1. The third-order valence-corrected chi connectivity index (χ3v) is 6.94. The Bertz CT molecular complexity index is 1220. The third kappa shape index (κ3) is 3.98. The number of nitriles is 1. The van der Waals surface area contributed by atoms with Crippen LogP contribution in [-0.2, 0) is 14.9 Å². The number of hydrogen-bond acceptors (Lipinski definition) is 5. The maximum absolute atomic E-state index is 15.1. The summed E-state index contributed by atoms with van der Waals surface area (Å²) in [5, 5.41) is 15.4. The van der Waals surface area contributed by atoms with Crippen LogP contribution in [0.15, 0.2) is 30.3 Å². The number of nitrogens with one attached hydrogen (secondary N) is 2. The zero-order chi connectivity index (χ0) is 24.2. The molecule has 0 spiro atoms. The lowest BCUT2D eigenvalue weighted by molar-refractivity contribution is -0.119.